The van der Waals surface area contributed by atoms with E-state index in [-0.39, 0.29) is 5.91 Å². The number of nitrogens with one attached hydrogen (secondary N) is 1. The first-order chi connectivity index (χ1) is 9.13. The van der Waals surface area contributed by atoms with Crippen LogP contribution in [-0.4, -0.2) is 38.0 Å². The maximum Gasteiger partial charge on any atom is 0.253 e. The molecule has 0 saturated carbocycles. The first kappa shape index (κ1) is 13.3. The largest absolute Gasteiger partial charge is 0.345 e. The van der Waals surface area contributed by atoms with Crippen molar-refractivity contribution in [1.82, 2.24) is 10.2 Å². The van der Waals surface area contributed by atoms with Crippen LogP contribution < -0.4 is 5.32 Å². The number of amides is 1. The molecule has 0 spiro atoms. The van der Waals surface area contributed by atoms with E-state index in [0.29, 0.717) is 11.1 Å². The molecule has 0 saturated heterocycles. The van der Waals surface area contributed by atoms with Gasteiger partial charge in [0.1, 0.15) is 0 Å². The predicted octanol–water partition coefficient (Wildman–Crippen LogP) is 1.64. The van der Waals surface area contributed by atoms with Gasteiger partial charge in [0.15, 0.2) is 0 Å². The number of carbonyl (C=O) groups excluding carboxylic acids is 1. The minimum atomic E-state index is -0.0812. The molecule has 1 heterocycles. The number of nitrogens with zero attached hydrogens (tertiary/aromatic N) is 2. The van der Waals surface area contributed by atoms with Gasteiger partial charge in [-0.25, -0.2) is 0 Å². The van der Waals surface area contributed by atoms with Crippen LogP contribution in [0.15, 0.2) is 24.3 Å². The summed E-state index contributed by atoms with van der Waals surface area (Å²) in [5.41, 5.74) is 3.25. The SMILES string of the molecule is CN(C)C(=O)c1ccc(C2=CCNCC2)c(C#N)c1. The maximum absolute atomic E-state index is 11.9. The molecule has 0 atom stereocenters. The van der Waals surface area contributed by atoms with Gasteiger partial charge in [-0.15, -0.1) is 0 Å². The van der Waals surface area contributed by atoms with Gasteiger partial charge in [0.25, 0.3) is 5.91 Å². The first-order valence-corrected chi connectivity index (χ1v) is 6.29. The summed E-state index contributed by atoms with van der Waals surface area (Å²) in [7, 11) is 3.41. The Balaban J connectivity index is 2.40. The van der Waals surface area contributed by atoms with Crippen molar-refractivity contribution in [3.63, 3.8) is 0 Å². The molecule has 0 aliphatic carbocycles. The van der Waals surface area contributed by atoms with Crippen molar-refractivity contribution >= 4 is 11.5 Å². The second kappa shape index (κ2) is 5.68. The summed E-state index contributed by atoms with van der Waals surface area (Å²) >= 11 is 0. The summed E-state index contributed by atoms with van der Waals surface area (Å²) in [5.74, 6) is -0.0812. The Labute approximate surface area is 113 Å². The summed E-state index contributed by atoms with van der Waals surface area (Å²) < 4.78 is 0. The van der Waals surface area contributed by atoms with Crippen molar-refractivity contribution < 1.29 is 4.79 Å². The molecule has 0 bridgehead atoms. The molecule has 0 radical (unpaired) electrons. The number of rotatable bonds is 2. The van der Waals surface area contributed by atoms with Crippen molar-refractivity contribution in [3.8, 4) is 6.07 Å². The Kier molecular flexibility index (Phi) is 3.98. The third kappa shape index (κ3) is 2.83. The molecule has 1 amide bonds. The Morgan fingerprint density at radius 1 is 1.42 bits per heavy atom. The van der Waals surface area contributed by atoms with E-state index in [1.165, 1.54) is 10.5 Å². The number of carbonyl (C=O) groups is 1. The lowest BCUT2D eigenvalue weighted by molar-refractivity contribution is 0.0827. The number of nitriles is 1. The third-order valence-corrected chi connectivity index (χ3v) is 3.20. The molecular formula is C15H17N3O. The van der Waals surface area contributed by atoms with Crippen LogP contribution >= 0.6 is 0 Å². The molecule has 1 aliphatic heterocycles. The second-order valence-corrected chi connectivity index (χ2v) is 4.76. The monoisotopic (exact) mass is 255 g/mol. The molecule has 1 aliphatic rings. The fraction of sp³-hybridized carbons (Fsp3) is 0.333. The Morgan fingerprint density at radius 2 is 2.21 bits per heavy atom. The summed E-state index contributed by atoms with van der Waals surface area (Å²) in [6.45, 7) is 1.76. The van der Waals surface area contributed by atoms with Gasteiger partial charge in [-0.3, -0.25) is 4.79 Å². The van der Waals surface area contributed by atoms with Gasteiger partial charge in [-0.05, 0) is 36.2 Å². The Bertz CT molecular complexity index is 567. The predicted molar refractivity (Wildman–Crippen MR) is 74.6 cm³/mol. The quantitative estimate of drug-likeness (QED) is 0.874. The average Bonchev–Trinajstić information content (AvgIpc) is 2.46. The highest BCUT2D eigenvalue weighted by Crippen LogP contribution is 2.24. The number of benzene rings is 1. The highest BCUT2D eigenvalue weighted by molar-refractivity contribution is 5.95. The second-order valence-electron chi connectivity index (χ2n) is 4.76. The Morgan fingerprint density at radius 3 is 2.79 bits per heavy atom. The topological polar surface area (TPSA) is 56.1 Å². The van der Waals surface area contributed by atoms with E-state index in [9.17, 15) is 10.1 Å². The molecule has 0 unspecified atom stereocenters. The van der Waals surface area contributed by atoms with Gasteiger partial charge < -0.3 is 10.2 Å². The van der Waals surface area contributed by atoms with E-state index >= 15 is 0 Å². The molecule has 4 heteroatoms. The smallest absolute Gasteiger partial charge is 0.253 e. The molecule has 1 N–H and O–H groups in total. The van der Waals surface area contributed by atoms with Crippen molar-refractivity contribution in [1.29, 1.82) is 5.26 Å². The zero-order valence-corrected chi connectivity index (χ0v) is 11.2. The van der Waals surface area contributed by atoms with E-state index in [0.717, 1.165) is 25.1 Å². The summed E-state index contributed by atoms with van der Waals surface area (Å²) in [5, 5.41) is 12.5. The molecule has 0 fully saturated rings. The standard InChI is InChI=1S/C15H17N3O/c1-18(2)15(19)12-3-4-14(13(9-12)10-16)11-5-7-17-8-6-11/h3-5,9,17H,6-8H2,1-2H3. The number of hydrogen-bond donors (Lipinski definition) is 1. The molecule has 0 aromatic heterocycles. The van der Waals surface area contributed by atoms with Crippen LogP contribution in [0.2, 0.25) is 0 Å². The average molecular weight is 255 g/mol. The van der Waals surface area contributed by atoms with E-state index in [4.69, 9.17) is 0 Å². The van der Waals surface area contributed by atoms with Crippen molar-refractivity contribution in [3.05, 3.63) is 41.0 Å². The molecule has 1 aromatic rings. The maximum atomic E-state index is 11.9. The van der Waals surface area contributed by atoms with Crippen LogP contribution in [0.5, 0.6) is 0 Å². The normalized spacial score (nSPS) is 14.5. The van der Waals surface area contributed by atoms with Crippen LogP contribution in [0.1, 0.15) is 27.9 Å². The summed E-state index contributed by atoms with van der Waals surface area (Å²) in [6, 6.07) is 7.55. The van der Waals surface area contributed by atoms with Crippen molar-refractivity contribution in [2.24, 2.45) is 0 Å². The molecule has 19 heavy (non-hydrogen) atoms. The zero-order valence-electron chi connectivity index (χ0n) is 11.2. The fourth-order valence-electron chi connectivity index (χ4n) is 2.18. The van der Waals surface area contributed by atoms with Gasteiger partial charge >= 0.3 is 0 Å². The highest BCUT2D eigenvalue weighted by atomic mass is 16.2. The highest BCUT2D eigenvalue weighted by Gasteiger charge is 2.14. The molecule has 4 nitrogen and oxygen atoms in total. The molecule has 1 aromatic carbocycles. The van der Waals surface area contributed by atoms with Gasteiger partial charge in [-0.1, -0.05) is 12.1 Å². The van der Waals surface area contributed by atoms with Crippen LogP contribution in [-0.2, 0) is 0 Å². The lowest BCUT2D eigenvalue weighted by Crippen LogP contribution is -2.22. The fourth-order valence-corrected chi connectivity index (χ4v) is 2.18. The lowest BCUT2D eigenvalue weighted by atomic mass is 9.94. The third-order valence-electron chi connectivity index (χ3n) is 3.20. The lowest BCUT2D eigenvalue weighted by Gasteiger charge is -2.16. The zero-order chi connectivity index (χ0) is 13.8. The molecular weight excluding hydrogens is 238 g/mol. The van der Waals surface area contributed by atoms with Crippen molar-refractivity contribution in [2.75, 3.05) is 27.2 Å². The van der Waals surface area contributed by atoms with Gasteiger partial charge in [0.05, 0.1) is 11.6 Å². The van der Waals surface area contributed by atoms with Crippen LogP contribution in [0, 0.1) is 11.3 Å². The van der Waals surface area contributed by atoms with E-state index in [1.807, 2.05) is 6.07 Å². The van der Waals surface area contributed by atoms with Crippen LogP contribution in [0.25, 0.3) is 5.57 Å². The van der Waals surface area contributed by atoms with Gasteiger partial charge in [0, 0.05) is 26.2 Å². The van der Waals surface area contributed by atoms with Crippen LogP contribution in [0.3, 0.4) is 0 Å². The summed E-state index contributed by atoms with van der Waals surface area (Å²) in [6.07, 6.45) is 3.02. The van der Waals surface area contributed by atoms with E-state index in [2.05, 4.69) is 17.5 Å². The molecule has 98 valence electrons. The van der Waals surface area contributed by atoms with Gasteiger partial charge in [-0.2, -0.15) is 5.26 Å². The van der Waals surface area contributed by atoms with Crippen molar-refractivity contribution in [2.45, 2.75) is 6.42 Å². The van der Waals surface area contributed by atoms with Crippen LogP contribution in [0.4, 0.5) is 0 Å². The molecule has 2 rings (SSSR count). The van der Waals surface area contributed by atoms with E-state index < -0.39 is 0 Å². The number of hydrogen-bond acceptors (Lipinski definition) is 3. The first-order valence-electron chi connectivity index (χ1n) is 6.29. The minimum absolute atomic E-state index is 0.0812. The summed E-state index contributed by atoms with van der Waals surface area (Å²) in [4.78, 5) is 13.4. The Hall–Kier alpha value is -2.12. The minimum Gasteiger partial charge on any atom is -0.345 e. The van der Waals surface area contributed by atoms with Gasteiger partial charge in [0.2, 0.25) is 0 Å². The van der Waals surface area contributed by atoms with E-state index in [1.54, 1.807) is 26.2 Å².